The summed E-state index contributed by atoms with van der Waals surface area (Å²) >= 11 is 0. The number of hydrogen-bond donors (Lipinski definition) is 2. The summed E-state index contributed by atoms with van der Waals surface area (Å²) in [6.07, 6.45) is 12.0. The van der Waals surface area contributed by atoms with Crippen molar-refractivity contribution in [3.05, 3.63) is 53.2 Å². The van der Waals surface area contributed by atoms with Crippen molar-refractivity contribution in [3.63, 3.8) is 0 Å². The molecule has 0 spiro atoms. The van der Waals surface area contributed by atoms with Crippen molar-refractivity contribution in [1.82, 2.24) is 15.3 Å². The zero-order chi connectivity index (χ0) is 21.6. The first-order valence-electron chi connectivity index (χ1n) is 11.5. The van der Waals surface area contributed by atoms with Gasteiger partial charge in [0.2, 0.25) is 11.9 Å². The largest absolute Gasteiger partial charge is 0.362 e. The van der Waals surface area contributed by atoms with Crippen LogP contribution in [-0.2, 0) is 17.6 Å². The summed E-state index contributed by atoms with van der Waals surface area (Å²) in [4.78, 5) is 24.0. The summed E-state index contributed by atoms with van der Waals surface area (Å²) in [5.41, 5.74) is 3.56. The Morgan fingerprint density at radius 2 is 1.71 bits per heavy atom. The van der Waals surface area contributed by atoms with E-state index in [9.17, 15) is 4.79 Å². The Morgan fingerprint density at radius 3 is 2.45 bits per heavy atom. The minimum absolute atomic E-state index is 0.0195. The van der Waals surface area contributed by atoms with Crippen molar-refractivity contribution in [3.8, 4) is 0 Å². The maximum Gasteiger partial charge on any atom is 0.244 e. The summed E-state index contributed by atoms with van der Waals surface area (Å²) in [5.74, 6) is 1.79. The summed E-state index contributed by atoms with van der Waals surface area (Å²) in [7, 11) is 4.11. The third kappa shape index (κ3) is 5.63. The minimum Gasteiger partial charge on any atom is -0.362 e. The Bertz CT molecular complexity index is 917. The van der Waals surface area contributed by atoms with E-state index in [2.05, 4.69) is 29.6 Å². The van der Waals surface area contributed by atoms with E-state index in [0.717, 1.165) is 55.9 Å². The van der Waals surface area contributed by atoms with Crippen molar-refractivity contribution in [2.24, 2.45) is 0 Å². The van der Waals surface area contributed by atoms with E-state index in [1.165, 1.54) is 24.1 Å². The number of aromatic nitrogens is 2. The van der Waals surface area contributed by atoms with Gasteiger partial charge in [0, 0.05) is 37.8 Å². The summed E-state index contributed by atoms with van der Waals surface area (Å²) < 4.78 is 0. The lowest BCUT2D eigenvalue weighted by Gasteiger charge is -2.30. The van der Waals surface area contributed by atoms with Crippen molar-refractivity contribution in [1.29, 1.82) is 0 Å². The van der Waals surface area contributed by atoms with Gasteiger partial charge >= 0.3 is 0 Å². The molecule has 1 aromatic carbocycles. The number of anilines is 2. The highest BCUT2D eigenvalue weighted by Crippen LogP contribution is 2.29. The molecule has 0 unspecified atom stereocenters. The molecule has 2 aliphatic carbocycles. The molecule has 1 amide bonds. The number of hydrogen-bond acceptors (Lipinski definition) is 5. The Hall–Kier alpha value is -2.89. The fourth-order valence-corrected chi connectivity index (χ4v) is 4.56. The zero-order valence-electron chi connectivity index (χ0n) is 18.6. The van der Waals surface area contributed by atoms with E-state index in [1.54, 1.807) is 6.08 Å². The Balaban J connectivity index is 1.30. The molecule has 0 aliphatic heterocycles. The van der Waals surface area contributed by atoms with E-state index in [1.807, 2.05) is 36.4 Å². The van der Waals surface area contributed by atoms with Crippen LogP contribution in [0.4, 0.5) is 11.8 Å². The fraction of sp³-hybridized carbons (Fsp3) is 0.480. The van der Waals surface area contributed by atoms with Crippen LogP contribution in [0.15, 0.2) is 36.4 Å². The van der Waals surface area contributed by atoms with Crippen LogP contribution in [0.3, 0.4) is 0 Å². The third-order valence-corrected chi connectivity index (χ3v) is 6.22. The van der Waals surface area contributed by atoms with E-state index in [4.69, 9.17) is 9.97 Å². The second-order valence-electron chi connectivity index (χ2n) is 8.84. The Morgan fingerprint density at radius 1 is 1.00 bits per heavy atom. The van der Waals surface area contributed by atoms with Crippen LogP contribution in [0, 0.1) is 0 Å². The highest BCUT2D eigenvalue weighted by Gasteiger charge is 2.24. The number of aryl methyl sites for hydroxylation is 1. The smallest absolute Gasteiger partial charge is 0.244 e. The lowest BCUT2D eigenvalue weighted by molar-refractivity contribution is -0.117. The van der Waals surface area contributed by atoms with Crippen LogP contribution >= 0.6 is 0 Å². The van der Waals surface area contributed by atoms with Gasteiger partial charge in [0.1, 0.15) is 5.82 Å². The van der Waals surface area contributed by atoms with Crippen molar-refractivity contribution >= 4 is 23.7 Å². The molecule has 6 nitrogen and oxygen atoms in total. The van der Waals surface area contributed by atoms with Gasteiger partial charge < -0.3 is 15.5 Å². The first-order valence-corrected chi connectivity index (χ1v) is 11.5. The van der Waals surface area contributed by atoms with Crippen LogP contribution < -0.4 is 15.5 Å². The quantitative estimate of drug-likeness (QED) is 0.693. The highest BCUT2D eigenvalue weighted by molar-refractivity contribution is 5.91. The van der Waals surface area contributed by atoms with Crippen LogP contribution in [0.5, 0.6) is 0 Å². The highest BCUT2D eigenvalue weighted by atomic mass is 16.1. The molecule has 0 bridgehead atoms. The molecule has 1 fully saturated rings. The topological polar surface area (TPSA) is 70.2 Å². The molecule has 1 saturated carbocycles. The van der Waals surface area contributed by atoms with Gasteiger partial charge in [-0.05, 0) is 63.0 Å². The van der Waals surface area contributed by atoms with E-state index in [0.29, 0.717) is 6.04 Å². The molecular formula is C25H33N5O. The van der Waals surface area contributed by atoms with Gasteiger partial charge in [-0.15, -0.1) is 0 Å². The number of fused-ring (bicyclic) bond motifs is 1. The number of amides is 1. The van der Waals surface area contributed by atoms with Gasteiger partial charge in [0.25, 0.3) is 0 Å². The molecule has 0 atom stereocenters. The molecule has 6 heteroatoms. The Kier molecular flexibility index (Phi) is 6.85. The number of benzene rings is 1. The minimum atomic E-state index is -0.0195. The lowest BCUT2D eigenvalue weighted by atomic mass is 9.91. The average molecular weight is 420 g/mol. The van der Waals surface area contributed by atoms with E-state index >= 15 is 0 Å². The monoisotopic (exact) mass is 419 g/mol. The van der Waals surface area contributed by atoms with Crippen LogP contribution in [0.25, 0.3) is 6.08 Å². The SMILES string of the molecule is CN(C)c1nc(NC2CCC(NC(=O)C=Cc3ccccc3)CC2)nc2c1CCCC2. The second kappa shape index (κ2) is 9.94. The third-order valence-electron chi connectivity index (χ3n) is 6.22. The molecule has 1 aromatic heterocycles. The number of carbonyl (C=O) groups is 1. The van der Waals surface area contributed by atoms with Gasteiger partial charge in [-0.3, -0.25) is 4.79 Å². The average Bonchev–Trinajstić information content (AvgIpc) is 2.79. The Labute approximate surface area is 185 Å². The number of rotatable bonds is 6. The first-order chi connectivity index (χ1) is 15.1. The molecule has 31 heavy (non-hydrogen) atoms. The fourth-order valence-electron chi connectivity index (χ4n) is 4.56. The van der Waals surface area contributed by atoms with Gasteiger partial charge in [-0.25, -0.2) is 4.98 Å². The molecule has 164 valence electrons. The lowest BCUT2D eigenvalue weighted by Crippen LogP contribution is -2.39. The normalized spacial score (nSPS) is 20.8. The maximum absolute atomic E-state index is 12.3. The standard InChI is InChI=1S/C25H33N5O/c1-30(2)24-21-10-6-7-11-22(21)28-25(29-24)27-20-15-13-19(14-16-20)26-23(31)17-12-18-8-4-3-5-9-18/h3-5,8-9,12,17,19-20H,6-7,10-11,13-16H2,1-2H3,(H,26,31)(H,27,28,29). The number of nitrogens with one attached hydrogen (secondary N) is 2. The molecule has 2 aromatic rings. The molecular weight excluding hydrogens is 386 g/mol. The van der Waals surface area contributed by atoms with Crippen LogP contribution in [0.1, 0.15) is 55.3 Å². The molecule has 1 heterocycles. The molecule has 2 N–H and O–H groups in total. The van der Waals surface area contributed by atoms with Crippen molar-refractivity contribution in [2.45, 2.75) is 63.5 Å². The summed E-state index contributed by atoms with van der Waals surface area (Å²) in [6, 6.07) is 10.5. The zero-order valence-corrected chi connectivity index (χ0v) is 18.6. The maximum atomic E-state index is 12.3. The van der Waals surface area contributed by atoms with E-state index < -0.39 is 0 Å². The van der Waals surface area contributed by atoms with Gasteiger partial charge in [-0.1, -0.05) is 30.3 Å². The molecule has 0 radical (unpaired) electrons. The van der Waals surface area contributed by atoms with E-state index in [-0.39, 0.29) is 11.9 Å². The predicted molar refractivity (Wildman–Crippen MR) is 126 cm³/mol. The van der Waals surface area contributed by atoms with Crippen molar-refractivity contribution < 1.29 is 4.79 Å². The van der Waals surface area contributed by atoms with Gasteiger partial charge in [0.05, 0.1) is 5.69 Å². The first kappa shape index (κ1) is 21.3. The molecule has 4 rings (SSSR count). The summed E-state index contributed by atoms with van der Waals surface area (Å²) in [5, 5.41) is 6.72. The summed E-state index contributed by atoms with van der Waals surface area (Å²) in [6.45, 7) is 0. The van der Waals surface area contributed by atoms with Crippen LogP contribution in [-0.4, -0.2) is 42.1 Å². The number of nitrogens with zero attached hydrogens (tertiary/aromatic N) is 3. The van der Waals surface area contributed by atoms with Gasteiger partial charge in [0.15, 0.2) is 0 Å². The predicted octanol–water partition coefficient (Wildman–Crippen LogP) is 3.97. The van der Waals surface area contributed by atoms with Crippen molar-refractivity contribution in [2.75, 3.05) is 24.3 Å². The van der Waals surface area contributed by atoms with Crippen LogP contribution in [0.2, 0.25) is 0 Å². The number of carbonyl (C=O) groups excluding carboxylic acids is 1. The molecule has 2 aliphatic rings. The molecule has 0 saturated heterocycles. The second-order valence-corrected chi connectivity index (χ2v) is 8.84. The van der Waals surface area contributed by atoms with Gasteiger partial charge in [-0.2, -0.15) is 4.98 Å².